The van der Waals surface area contributed by atoms with Gasteiger partial charge in [0.25, 0.3) is 5.91 Å². The van der Waals surface area contributed by atoms with Gasteiger partial charge >= 0.3 is 0 Å². The maximum atomic E-state index is 12.3. The number of benzene rings is 1. The molecule has 5 nitrogen and oxygen atoms in total. The number of hydrogen-bond acceptors (Lipinski definition) is 3. The summed E-state index contributed by atoms with van der Waals surface area (Å²) in [5, 5.41) is 10.6. The van der Waals surface area contributed by atoms with Gasteiger partial charge in [-0.3, -0.25) is 14.8 Å². The van der Waals surface area contributed by atoms with E-state index in [2.05, 4.69) is 27.3 Å². The van der Waals surface area contributed by atoms with Crippen LogP contribution in [0.4, 0.5) is 0 Å². The Balaban J connectivity index is 1.64. The number of likely N-dealkylation sites (N-methyl/N-ethyl adjacent to an activating group) is 1. The highest BCUT2D eigenvalue weighted by atomic mass is 35.5. The van der Waals surface area contributed by atoms with E-state index in [9.17, 15) is 4.79 Å². The van der Waals surface area contributed by atoms with E-state index in [0.717, 1.165) is 25.1 Å². The van der Waals surface area contributed by atoms with E-state index < -0.39 is 0 Å². The zero-order valence-corrected chi connectivity index (χ0v) is 13.9. The molecule has 6 heteroatoms. The number of halogens is 1. The molecule has 1 aliphatic heterocycles. The third-order valence-corrected chi connectivity index (χ3v) is 4.71. The first-order chi connectivity index (χ1) is 11.2. The van der Waals surface area contributed by atoms with Crippen molar-refractivity contribution in [3.8, 4) is 11.3 Å². The molecule has 1 fully saturated rings. The topological polar surface area (TPSA) is 61.0 Å². The Kier molecular flexibility index (Phi) is 4.98. The monoisotopic (exact) mass is 332 g/mol. The van der Waals surface area contributed by atoms with Crippen LogP contribution in [0.5, 0.6) is 0 Å². The van der Waals surface area contributed by atoms with E-state index in [4.69, 9.17) is 11.6 Å². The minimum atomic E-state index is -0.126. The van der Waals surface area contributed by atoms with Crippen molar-refractivity contribution in [1.82, 2.24) is 20.4 Å². The number of likely N-dealkylation sites (tertiary alicyclic amines) is 1. The SMILES string of the molecule is CCN1CCC[C@@H]1CNC(=O)c1cc(-c2ccccc2Cl)n[nH]1. The fraction of sp³-hybridized carbons (Fsp3) is 0.412. The molecule has 0 unspecified atom stereocenters. The summed E-state index contributed by atoms with van der Waals surface area (Å²) in [7, 11) is 0. The van der Waals surface area contributed by atoms with Crippen LogP contribution in [0.2, 0.25) is 5.02 Å². The summed E-state index contributed by atoms with van der Waals surface area (Å²) in [5.41, 5.74) is 1.95. The van der Waals surface area contributed by atoms with Crippen molar-refractivity contribution in [3.63, 3.8) is 0 Å². The van der Waals surface area contributed by atoms with Gasteiger partial charge in [0, 0.05) is 18.2 Å². The number of H-pyrrole nitrogens is 1. The predicted molar refractivity (Wildman–Crippen MR) is 91.6 cm³/mol. The number of rotatable bonds is 5. The highest BCUT2D eigenvalue weighted by Crippen LogP contribution is 2.26. The molecule has 0 spiro atoms. The molecule has 2 N–H and O–H groups in total. The molecular formula is C17H21ClN4O. The van der Waals surface area contributed by atoms with Crippen molar-refractivity contribution in [1.29, 1.82) is 0 Å². The molecule has 2 heterocycles. The first-order valence-corrected chi connectivity index (χ1v) is 8.39. The molecule has 1 amide bonds. The van der Waals surface area contributed by atoms with E-state index in [1.165, 1.54) is 6.42 Å². The second-order valence-electron chi connectivity index (χ2n) is 5.78. The van der Waals surface area contributed by atoms with E-state index in [1.54, 1.807) is 6.07 Å². The van der Waals surface area contributed by atoms with Gasteiger partial charge in [-0.15, -0.1) is 0 Å². The van der Waals surface area contributed by atoms with Crippen molar-refractivity contribution in [2.75, 3.05) is 19.6 Å². The first kappa shape index (κ1) is 16.0. The molecule has 1 aromatic carbocycles. The van der Waals surface area contributed by atoms with Crippen LogP contribution in [-0.2, 0) is 0 Å². The van der Waals surface area contributed by atoms with Crippen LogP contribution in [0.1, 0.15) is 30.3 Å². The molecule has 2 aromatic rings. The number of amides is 1. The zero-order valence-electron chi connectivity index (χ0n) is 13.2. The number of nitrogens with one attached hydrogen (secondary N) is 2. The van der Waals surface area contributed by atoms with Gasteiger partial charge in [-0.05, 0) is 38.1 Å². The van der Waals surface area contributed by atoms with Crippen LogP contribution in [0.15, 0.2) is 30.3 Å². The van der Waals surface area contributed by atoms with Gasteiger partial charge in [-0.1, -0.05) is 36.7 Å². The molecule has 0 aliphatic carbocycles. The summed E-state index contributed by atoms with van der Waals surface area (Å²) in [4.78, 5) is 14.7. The standard InChI is InChI=1S/C17H21ClN4O/c1-2-22-9-5-6-12(22)11-19-17(23)16-10-15(20-21-16)13-7-3-4-8-14(13)18/h3-4,7-8,10,12H,2,5-6,9,11H2,1H3,(H,19,23)(H,20,21)/t12-/m1/s1. The Bertz CT molecular complexity index is 685. The number of nitrogens with zero attached hydrogens (tertiary/aromatic N) is 2. The van der Waals surface area contributed by atoms with Crippen LogP contribution in [0.25, 0.3) is 11.3 Å². The van der Waals surface area contributed by atoms with Crippen LogP contribution < -0.4 is 5.32 Å². The Labute approximate surface area is 141 Å². The highest BCUT2D eigenvalue weighted by Gasteiger charge is 2.23. The number of carbonyl (C=O) groups excluding carboxylic acids is 1. The Morgan fingerprint density at radius 3 is 3.09 bits per heavy atom. The lowest BCUT2D eigenvalue weighted by atomic mass is 10.1. The van der Waals surface area contributed by atoms with Gasteiger partial charge in [0.2, 0.25) is 0 Å². The summed E-state index contributed by atoms with van der Waals surface area (Å²) >= 11 is 6.17. The second-order valence-corrected chi connectivity index (χ2v) is 6.19. The van der Waals surface area contributed by atoms with Crippen molar-refractivity contribution < 1.29 is 4.79 Å². The van der Waals surface area contributed by atoms with Gasteiger partial charge in [0.1, 0.15) is 5.69 Å². The van der Waals surface area contributed by atoms with Crippen molar-refractivity contribution in [3.05, 3.63) is 41.0 Å². The maximum absolute atomic E-state index is 12.3. The number of carbonyl (C=O) groups is 1. The van der Waals surface area contributed by atoms with Crippen LogP contribution in [-0.4, -0.2) is 46.7 Å². The smallest absolute Gasteiger partial charge is 0.269 e. The summed E-state index contributed by atoms with van der Waals surface area (Å²) < 4.78 is 0. The Morgan fingerprint density at radius 1 is 1.48 bits per heavy atom. The Hall–Kier alpha value is -1.85. The summed E-state index contributed by atoms with van der Waals surface area (Å²) in [6.45, 7) is 4.98. The zero-order chi connectivity index (χ0) is 16.2. The summed E-state index contributed by atoms with van der Waals surface area (Å²) in [5.74, 6) is -0.126. The molecule has 122 valence electrons. The third kappa shape index (κ3) is 3.57. The van der Waals surface area contributed by atoms with Crippen molar-refractivity contribution in [2.24, 2.45) is 0 Å². The van der Waals surface area contributed by atoms with Gasteiger partial charge in [0.05, 0.1) is 10.7 Å². The largest absolute Gasteiger partial charge is 0.349 e. The molecule has 1 aliphatic rings. The van der Waals surface area contributed by atoms with Crippen LogP contribution in [0.3, 0.4) is 0 Å². The first-order valence-electron chi connectivity index (χ1n) is 8.01. The quantitative estimate of drug-likeness (QED) is 0.885. The molecule has 23 heavy (non-hydrogen) atoms. The lowest BCUT2D eigenvalue weighted by Gasteiger charge is -2.22. The maximum Gasteiger partial charge on any atom is 0.269 e. The molecular weight excluding hydrogens is 312 g/mol. The predicted octanol–water partition coefficient (Wildman–Crippen LogP) is 2.94. The lowest BCUT2D eigenvalue weighted by Crippen LogP contribution is -2.40. The fourth-order valence-corrected chi connectivity index (χ4v) is 3.33. The minimum absolute atomic E-state index is 0.126. The van der Waals surface area contributed by atoms with Crippen LogP contribution in [0, 0.1) is 0 Å². The third-order valence-electron chi connectivity index (χ3n) is 4.38. The van der Waals surface area contributed by atoms with E-state index in [1.807, 2.05) is 24.3 Å². The molecule has 0 saturated carbocycles. The van der Waals surface area contributed by atoms with Gasteiger partial charge in [-0.25, -0.2) is 0 Å². The van der Waals surface area contributed by atoms with Gasteiger partial charge in [0.15, 0.2) is 0 Å². The average Bonchev–Trinajstić information content (AvgIpc) is 3.22. The summed E-state index contributed by atoms with van der Waals surface area (Å²) in [6.07, 6.45) is 2.34. The van der Waals surface area contributed by atoms with Crippen LogP contribution >= 0.6 is 11.6 Å². The molecule has 1 atom stereocenters. The van der Waals surface area contributed by atoms with E-state index >= 15 is 0 Å². The molecule has 1 aromatic heterocycles. The van der Waals surface area contributed by atoms with Crippen molar-refractivity contribution >= 4 is 17.5 Å². The number of hydrogen-bond donors (Lipinski definition) is 2. The molecule has 0 radical (unpaired) electrons. The van der Waals surface area contributed by atoms with Gasteiger partial charge < -0.3 is 5.32 Å². The molecule has 3 rings (SSSR count). The lowest BCUT2D eigenvalue weighted by molar-refractivity contribution is 0.0936. The number of aromatic nitrogens is 2. The van der Waals surface area contributed by atoms with E-state index in [0.29, 0.717) is 29.0 Å². The molecule has 0 bridgehead atoms. The van der Waals surface area contributed by atoms with E-state index in [-0.39, 0.29) is 5.91 Å². The minimum Gasteiger partial charge on any atom is -0.349 e. The fourth-order valence-electron chi connectivity index (χ4n) is 3.09. The number of aromatic amines is 1. The highest BCUT2D eigenvalue weighted by molar-refractivity contribution is 6.33. The summed E-state index contributed by atoms with van der Waals surface area (Å²) in [6, 6.07) is 9.64. The Morgan fingerprint density at radius 2 is 2.30 bits per heavy atom. The van der Waals surface area contributed by atoms with Crippen molar-refractivity contribution in [2.45, 2.75) is 25.8 Å². The van der Waals surface area contributed by atoms with Gasteiger partial charge in [-0.2, -0.15) is 5.10 Å². The normalized spacial score (nSPS) is 18.3. The second kappa shape index (κ2) is 7.15. The average molecular weight is 333 g/mol. The molecule has 1 saturated heterocycles.